The Hall–Kier alpha value is -3.03. The maximum absolute atomic E-state index is 11.0. The fourth-order valence-corrected chi connectivity index (χ4v) is 1.56. The standard InChI is InChI=1S/C12H9N3O5/c1-7-3-2-4-9(11(7)15(18)19)20-10-6-13-5-8(14-10)12(16)17/h2-6H,1H3,(H,16,17). The number of carbonyl (C=O) groups is 1. The molecule has 0 spiro atoms. The normalized spacial score (nSPS) is 10.1. The average Bonchev–Trinajstić information content (AvgIpc) is 2.38. The Balaban J connectivity index is 2.40. The lowest BCUT2D eigenvalue weighted by atomic mass is 10.2. The molecule has 0 amide bonds. The van der Waals surface area contributed by atoms with Crippen molar-refractivity contribution in [3.8, 4) is 11.6 Å². The number of benzene rings is 1. The van der Waals surface area contributed by atoms with Crippen LogP contribution in [-0.4, -0.2) is 26.0 Å². The van der Waals surface area contributed by atoms with Crippen LogP contribution in [0.2, 0.25) is 0 Å². The Bertz CT molecular complexity index is 687. The lowest BCUT2D eigenvalue weighted by molar-refractivity contribution is -0.386. The van der Waals surface area contributed by atoms with Crippen molar-refractivity contribution in [1.29, 1.82) is 0 Å². The summed E-state index contributed by atoms with van der Waals surface area (Å²) >= 11 is 0. The second-order valence-corrected chi connectivity index (χ2v) is 3.83. The summed E-state index contributed by atoms with van der Waals surface area (Å²) < 4.78 is 5.26. The van der Waals surface area contributed by atoms with Crippen LogP contribution in [0.5, 0.6) is 11.6 Å². The maximum Gasteiger partial charge on any atom is 0.356 e. The molecule has 8 nitrogen and oxygen atoms in total. The molecule has 0 saturated carbocycles. The summed E-state index contributed by atoms with van der Waals surface area (Å²) in [5.41, 5.74) is -0.0808. The van der Waals surface area contributed by atoms with Crippen molar-refractivity contribution in [3.63, 3.8) is 0 Å². The zero-order valence-electron chi connectivity index (χ0n) is 10.3. The van der Waals surface area contributed by atoms with Crippen LogP contribution in [-0.2, 0) is 0 Å². The van der Waals surface area contributed by atoms with E-state index < -0.39 is 10.9 Å². The fourth-order valence-electron chi connectivity index (χ4n) is 1.56. The van der Waals surface area contributed by atoms with Gasteiger partial charge in [0.25, 0.3) is 0 Å². The molecule has 0 fully saturated rings. The summed E-state index contributed by atoms with van der Waals surface area (Å²) in [7, 11) is 0. The van der Waals surface area contributed by atoms with Crippen molar-refractivity contribution in [2.45, 2.75) is 6.92 Å². The van der Waals surface area contributed by atoms with Crippen LogP contribution >= 0.6 is 0 Å². The van der Waals surface area contributed by atoms with Gasteiger partial charge in [0.05, 0.1) is 17.3 Å². The van der Waals surface area contributed by atoms with Crippen molar-refractivity contribution in [3.05, 3.63) is 52.0 Å². The molecule has 2 aromatic rings. The SMILES string of the molecule is Cc1cccc(Oc2cncc(C(=O)O)n2)c1[N+](=O)[O-]. The highest BCUT2D eigenvalue weighted by Gasteiger charge is 2.19. The fraction of sp³-hybridized carbons (Fsp3) is 0.0833. The number of ether oxygens (including phenoxy) is 1. The third kappa shape index (κ3) is 2.69. The molecule has 102 valence electrons. The van der Waals surface area contributed by atoms with Crippen LogP contribution in [0.15, 0.2) is 30.6 Å². The number of carboxylic acids is 1. The van der Waals surface area contributed by atoms with E-state index in [0.29, 0.717) is 5.56 Å². The van der Waals surface area contributed by atoms with Crippen LogP contribution in [0.1, 0.15) is 16.1 Å². The number of para-hydroxylation sites is 1. The van der Waals surface area contributed by atoms with Crippen molar-refractivity contribution >= 4 is 11.7 Å². The van der Waals surface area contributed by atoms with Gasteiger partial charge in [0, 0.05) is 5.56 Å². The number of nitro benzene ring substituents is 1. The number of nitro groups is 1. The van der Waals surface area contributed by atoms with Gasteiger partial charge in [-0.1, -0.05) is 12.1 Å². The molecule has 20 heavy (non-hydrogen) atoms. The Labute approximate surface area is 112 Å². The average molecular weight is 275 g/mol. The van der Waals surface area contributed by atoms with Crippen molar-refractivity contribution in [2.75, 3.05) is 0 Å². The number of nitrogens with zero attached hydrogens (tertiary/aromatic N) is 3. The molecule has 0 saturated heterocycles. The van der Waals surface area contributed by atoms with Crippen molar-refractivity contribution in [2.24, 2.45) is 0 Å². The largest absolute Gasteiger partial charge is 0.476 e. The second kappa shape index (κ2) is 5.31. The zero-order chi connectivity index (χ0) is 14.7. The molecule has 1 heterocycles. The van der Waals surface area contributed by atoms with E-state index in [1.54, 1.807) is 19.1 Å². The number of aromatic nitrogens is 2. The van der Waals surface area contributed by atoms with Gasteiger partial charge in [0.15, 0.2) is 5.69 Å². The third-order valence-corrected chi connectivity index (χ3v) is 2.43. The molecule has 8 heteroatoms. The summed E-state index contributed by atoms with van der Waals surface area (Å²) in [5, 5.41) is 19.8. The molecule has 0 aliphatic heterocycles. The Kier molecular flexibility index (Phi) is 3.56. The van der Waals surface area contributed by atoms with E-state index >= 15 is 0 Å². The van der Waals surface area contributed by atoms with E-state index in [0.717, 1.165) is 6.20 Å². The summed E-state index contributed by atoms with van der Waals surface area (Å²) in [6.45, 7) is 1.57. The molecule has 0 bridgehead atoms. The quantitative estimate of drug-likeness (QED) is 0.671. The number of aryl methyl sites for hydroxylation is 1. The molecule has 1 aromatic heterocycles. The number of aromatic carboxylic acids is 1. The van der Waals surface area contributed by atoms with Crippen LogP contribution in [0.4, 0.5) is 5.69 Å². The summed E-state index contributed by atoms with van der Waals surface area (Å²) in [6.07, 6.45) is 2.23. The van der Waals surface area contributed by atoms with E-state index in [2.05, 4.69) is 9.97 Å². The first kappa shape index (κ1) is 13.4. The number of rotatable bonds is 4. The van der Waals surface area contributed by atoms with Gasteiger partial charge in [0.2, 0.25) is 11.6 Å². The minimum atomic E-state index is -1.26. The van der Waals surface area contributed by atoms with Gasteiger partial charge in [0.1, 0.15) is 0 Å². The minimum Gasteiger partial charge on any atom is -0.476 e. The molecule has 1 aromatic carbocycles. The highest BCUT2D eigenvalue weighted by molar-refractivity contribution is 5.84. The monoisotopic (exact) mass is 275 g/mol. The lowest BCUT2D eigenvalue weighted by Gasteiger charge is -2.06. The molecule has 0 unspecified atom stereocenters. The highest BCUT2D eigenvalue weighted by Crippen LogP contribution is 2.32. The maximum atomic E-state index is 11.0. The molecule has 2 rings (SSSR count). The second-order valence-electron chi connectivity index (χ2n) is 3.83. The Morgan fingerprint density at radius 2 is 2.15 bits per heavy atom. The predicted octanol–water partition coefficient (Wildman–Crippen LogP) is 2.18. The lowest BCUT2D eigenvalue weighted by Crippen LogP contribution is -2.03. The summed E-state index contributed by atoms with van der Waals surface area (Å²) in [6, 6.07) is 4.57. The molecule has 0 aliphatic rings. The molecule has 0 aliphatic carbocycles. The number of hydrogen-bond donors (Lipinski definition) is 1. The van der Waals surface area contributed by atoms with Gasteiger partial charge in [-0.25, -0.2) is 9.78 Å². The van der Waals surface area contributed by atoms with Gasteiger partial charge >= 0.3 is 11.7 Å². The van der Waals surface area contributed by atoms with Gasteiger partial charge < -0.3 is 9.84 Å². The Morgan fingerprint density at radius 1 is 1.40 bits per heavy atom. The number of hydrogen-bond acceptors (Lipinski definition) is 6. The van der Waals surface area contributed by atoms with Crippen molar-refractivity contribution in [1.82, 2.24) is 9.97 Å². The molecule has 0 radical (unpaired) electrons. The summed E-state index contributed by atoms with van der Waals surface area (Å²) in [4.78, 5) is 28.6. The number of carboxylic acid groups (broad SMARTS) is 1. The van der Waals surface area contributed by atoms with Crippen LogP contribution in [0.3, 0.4) is 0 Å². The van der Waals surface area contributed by atoms with Crippen LogP contribution < -0.4 is 4.74 Å². The predicted molar refractivity (Wildman–Crippen MR) is 66.9 cm³/mol. The van der Waals surface area contributed by atoms with E-state index in [-0.39, 0.29) is 23.0 Å². The van der Waals surface area contributed by atoms with E-state index in [1.807, 2.05) is 0 Å². The van der Waals surface area contributed by atoms with Gasteiger partial charge in [-0.05, 0) is 13.0 Å². The third-order valence-electron chi connectivity index (χ3n) is 2.43. The molecular weight excluding hydrogens is 266 g/mol. The van der Waals surface area contributed by atoms with Gasteiger partial charge in [-0.15, -0.1) is 0 Å². The van der Waals surface area contributed by atoms with Crippen LogP contribution in [0, 0.1) is 17.0 Å². The van der Waals surface area contributed by atoms with E-state index in [4.69, 9.17) is 9.84 Å². The minimum absolute atomic E-state index is 0.0214. The molecular formula is C12H9N3O5. The topological polar surface area (TPSA) is 115 Å². The highest BCUT2D eigenvalue weighted by atomic mass is 16.6. The first-order valence-electron chi connectivity index (χ1n) is 5.46. The van der Waals surface area contributed by atoms with Gasteiger partial charge in [-0.2, -0.15) is 0 Å². The van der Waals surface area contributed by atoms with Gasteiger partial charge in [-0.3, -0.25) is 15.1 Å². The van der Waals surface area contributed by atoms with Crippen molar-refractivity contribution < 1.29 is 19.6 Å². The smallest absolute Gasteiger partial charge is 0.356 e. The Morgan fingerprint density at radius 3 is 2.80 bits per heavy atom. The van der Waals surface area contributed by atoms with Crippen LogP contribution in [0.25, 0.3) is 0 Å². The van der Waals surface area contributed by atoms with E-state index in [9.17, 15) is 14.9 Å². The molecule has 1 N–H and O–H groups in total. The zero-order valence-corrected chi connectivity index (χ0v) is 10.3. The van der Waals surface area contributed by atoms with E-state index in [1.165, 1.54) is 12.3 Å². The first-order valence-corrected chi connectivity index (χ1v) is 5.46. The molecule has 0 atom stereocenters. The summed E-state index contributed by atoms with van der Waals surface area (Å²) in [5.74, 6) is -1.41. The first-order chi connectivity index (χ1) is 9.49.